The maximum absolute atomic E-state index is 12.9. The summed E-state index contributed by atoms with van der Waals surface area (Å²) in [6.07, 6.45) is 2.19. The van der Waals surface area contributed by atoms with Gasteiger partial charge in [-0.15, -0.1) is 0 Å². The van der Waals surface area contributed by atoms with Crippen LogP contribution in [0.2, 0.25) is 5.02 Å². The Morgan fingerprint density at radius 1 is 1.50 bits per heavy atom. The Balaban J connectivity index is 2.50. The van der Waals surface area contributed by atoms with Crippen LogP contribution in [0.3, 0.4) is 0 Å². The van der Waals surface area contributed by atoms with Gasteiger partial charge in [-0.3, -0.25) is 0 Å². The van der Waals surface area contributed by atoms with Crippen molar-refractivity contribution in [3.05, 3.63) is 29.0 Å². The molecule has 0 fully saturated rings. The van der Waals surface area contributed by atoms with E-state index < -0.39 is 5.82 Å². The van der Waals surface area contributed by atoms with Gasteiger partial charge in [0.15, 0.2) is 0 Å². The van der Waals surface area contributed by atoms with E-state index in [4.69, 9.17) is 16.3 Å². The third-order valence-corrected chi connectivity index (χ3v) is 3.14. The van der Waals surface area contributed by atoms with Gasteiger partial charge in [-0.25, -0.2) is 4.39 Å². The molecule has 1 atom stereocenters. The molecule has 0 saturated carbocycles. The lowest BCUT2D eigenvalue weighted by Crippen LogP contribution is -2.13. The zero-order chi connectivity index (χ0) is 12.0. The quantitative estimate of drug-likeness (QED) is 0.756. The topological polar surface area (TPSA) is 9.23 Å². The van der Waals surface area contributed by atoms with Crippen LogP contribution in [0.4, 0.5) is 4.39 Å². The summed E-state index contributed by atoms with van der Waals surface area (Å²) in [7, 11) is 0. The maximum Gasteiger partial charge on any atom is 0.142 e. The van der Waals surface area contributed by atoms with Gasteiger partial charge in [0.2, 0.25) is 0 Å². The van der Waals surface area contributed by atoms with E-state index in [1.807, 2.05) is 0 Å². The van der Waals surface area contributed by atoms with E-state index in [2.05, 4.69) is 19.6 Å². The predicted molar refractivity (Wildman–Crippen MR) is 69.2 cm³/mol. The van der Waals surface area contributed by atoms with Crippen LogP contribution in [0.5, 0.6) is 5.75 Å². The summed E-state index contributed by atoms with van der Waals surface area (Å²) in [6, 6.07) is 4.40. The molecular weight excluding hydrogens is 247 g/mol. The third kappa shape index (κ3) is 4.22. The minimum absolute atomic E-state index is 0.0930. The number of thiol groups is 1. The average Bonchev–Trinajstić information content (AvgIpc) is 2.28. The van der Waals surface area contributed by atoms with E-state index in [0.717, 1.165) is 18.6 Å². The van der Waals surface area contributed by atoms with Gasteiger partial charge in [-0.2, -0.15) is 12.6 Å². The Bertz CT molecular complexity index is 333. The monoisotopic (exact) mass is 262 g/mol. The second-order valence-electron chi connectivity index (χ2n) is 3.72. The fourth-order valence-corrected chi connectivity index (χ4v) is 1.87. The molecule has 90 valence electrons. The predicted octanol–water partition coefficient (Wildman–Crippen LogP) is 4.20. The lowest BCUT2D eigenvalue weighted by Gasteiger charge is -2.14. The number of rotatable bonds is 6. The molecule has 0 aliphatic rings. The van der Waals surface area contributed by atoms with Crippen LogP contribution >= 0.6 is 24.2 Å². The molecule has 0 bridgehead atoms. The van der Waals surface area contributed by atoms with Gasteiger partial charge < -0.3 is 4.74 Å². The molecule has 0 saturated heterocycles. The molecule has 0 aromatic heterocycles. The molecule has 0 amide bonds. The first-order chi connectivity index (χ1) is 7.67. The number of hydrogen-bond donors (Lipinski definition) is 1. The Labute approximate surface area is 106 Å². The largest absolute Gasteiger partial charge is 0.493 e. The number of ether oxygens (including phenoxy) is 1. The van der Waals surface area contributed by atoms with Crippen LogP contribution in [0.25, 0.3) is 0 Å². The highest BCUT2D eigenvalue weighted by Crippen LogP contribution is 2.22. The highest BCUT2D eigenvalue weighted by atomic mass is 35.5. The second-order valence-corrected chi connectivity index (χ2v) is 4.50. The molecular formula is C12H16ClFOS. The molecule has 16 heavy (non-hydrogen) atoms. The fraction of sp³-hybridized carbons (Fsp3) is 0.500. The summed E-state index contributed by atoms with van der Waals surface area (Å²) in [5, 5.41) is 0.0930. The molecule has 0 heterocycles. The molecule has 0 spiro atoms. The van der Waals surface area contributed by atoms with Crippen LogP contribution in [0.1, 0.15) is 19.8 Å². The summed E-state index contributed by atoms with van der Waals surface area (Å²) in [5.74, 6) is 1.41. The van der Waals surface area contributed by atoms with Gasteiger partial charge >= 0.3 is 0 Å². The van der Waals surface area contributed by atoms with Gasteiger partial charge in [0.05, 0.1) is 11.6 Å². The van der Waals surface area contributed by atoms with Crippen molar-refractivity contribution in [3.63, 3.8) is 0 Å². The van der Waals surface area contributed by atoms with Gasteiger partial charge in [0.25, 0.3) is 0 Å². The lowest BCUT2D eigenvalue weighted by atomic mass is 10.1. The smallest absolute Gasteiger partial charge is 0.142 e. The molecule has 0 aliphatic heterocycles. The Kier molecular flexibility index (Phi) is 5.99. The Morgan fingerprint density at radius 3 is 2.81 bits per heavy atom. The molecule has 0 aliphatic carbocycles. The van der Waals surface area contributed by atoms with Crippen LogP contribution in [0.15, 0.2) is 18.2 Å². The maximum atomic E-state index is 12.9. The van der Waals surface area contributed by atoms with Crippen molar-refractivity contribution < 1.29 is 9.13 Å². The van der Waals surface area contributed by atoms with Crippen molar-refractivity contribution in [2.24, 2.45) is 5.92 Å². The van der Waals surface area contributed by atoms with Gasteiger partial charge in [0.1, 0.15) is 11.6 Å². The minimum atomic E-state index is -0.423. The number of hydrogen-bond acceptors (Lipinski definition) is 2. The summed E-state index contributed by atoms with van der Waals surface area (Å²) in [5.41, 5.74) is 0. The van der Waals surface area contributed by atoms with E-state index in [9.17, 15) is 4.39 Å². The molecule has 0 N–H and O–H groups in total. The van der Waals surface area contributed by atoms with E-state index in [-0.39, 0.29) is 5.02 Å². The second kappa shape index (κ2) is 7.02. The first-order valence-electron chi connectivity index (χ1n) is 5.36. The van der Waals surface area contributed by atoms with Gasteiger partial charge in [0, 0.05) is 12.0 Å². The number of benzene rings is 1. The molecule has 1 aromatic carbocycles. The van der Waals surface area contributed by atoms with Crippen molar-refractivity contribution in [3.8, 4) is 5.75 Å². The van der Waals surface area contributed by atoms with Crippen LogP contribution in [-0.4, -0.2) is 12.4 Å². The standard InChI is InChI=1S/C12H16ClFOS/c1-2-3-9(8-16)7-15-10-4-5-12(14)11(13)6-10/h4-6,9,16H,2-3,7-8H2,1H3. The normalized spacial score (nSPS) is 12.5. The first kappa shape index (κ1) is 13.7. The fourth-order valence-electron chi connectivity index (χ4n) is 1.42. The molecule has 1 rings (SSSR count). The van der Waals surface area contributed by atoms with Gasteiger partial charge in [-0.05, 0) is 24.3 Å². The van der Waals surface area contributed by atoms with Crippen molar-refractivity contribution >= 4 is 24.2 Å². The summed E-state index contributed by atoms with van der Waals surface area (Å²) in [4.78, 5) is 0. The molecule has 0 radical (unpaired) electrons. The zero-order valence-corrected chi connectivity index (χ0v) is 10.9. The minimum Gasteiger partial charge on any atom is -0.493 e. The van der Waals surface area contributed by atoms with E-state index >= 15 is 0 Å². The van der Waals surface area contributed by atoms with Crippen molar-refractivity contribution in [2.75, 3.05) is 12.4 Å². The van der Waals surface area contributed by atoms with E-state index in [1.165, 1.54) is 12.1 Å². The van der Waals surface area contributed by atoms with E-state index in [0.29, 0.717) is 18.3 Å². The molecule has 1 nitrogen and oxygen atoms in total. The first-order valence-corrected chi connectivity index (χ1v) is 6.37. The molecule has 4 heteroatoms. The Morgan fingerprint density at radius 2 is 2.25 bits per heavy atom. The number of halogens is 2. The molecule has 1 aromatic rings. The highest BCUT2D eigenvalue weighted by Gasteiger charge is 2.07. The van der Waals surface area contributed by atoms with Crippen molar-refractivity contribution in [1.29, 1.82) is 0 Å². The Hall–Kier alpha value is -0.410. The van der Waals surface area contributed by atoms with Crippen LogP contribution in [-0.2, 0) is 0 Å². The summed E-state index contributed by atoms with van der Waals surface area (Å²) in [6.45, 7) is 2.73. The zero-order valence-electron chi connectivity index (χ0n) is 9.25. The SMILES string of the molecule is CCCC(CS)COc1ccc(F)c(Cl)c1. The van der Waals surface area contributed by atoms with Crippen molar-refractivity contribution in [2.45, 2.75) is 19.8 Å². The average molecular weight is 263 g/mol. The van der Waals surface area contributed by atoms with Crippen LogP contribution < -0.4 is 4.74 Å². The van der Waals surface area contributed by atoms with Crippen LogP contribution in [0, 0.1) is 11.7 Å². The highest BCUT2D eigenvalue weighted by molar-refractivity contribution is 7.80. The summed E-state index contributed by atoms with van der Waals surface area (Å²) >= 11 is 9.92. The van der Waals surface area contributed by atoms with E-state index in [1.54, 1.807) is 6.07 Å². The van der Waals surface area contributed by atoms with Gasteiger partial charge in [-0.1, -0.05) is 24.9 Å². The summed E-state index contributed by atoms with van der Waals surface area (Å²) < 4.78 is 18.4. The van der Waals surface area contributed by atoms with Crippen molar-refractivity contribution in [1.82, 2.24) is 0 Å². The third-order valence-electron chi connectivity index (χ3n) is 2.33. The molecule has 1 unspecified atom stereocenters. The lowest BCUT2D eigenvalue weighted by molar-refractivity contribution is 0.254.